The summed E-state index contributed by atoms with van der Waals surface area (Å²) in [5, 5.41) is 14.0. The maximum absolute atomic E-state index is 10.6. The summed E-state index contributed by atoms with van der Waals surface area (Å²) in [6.45, 7) is 8.49. The molecule has 1 aromatic carbocycles. The van der Waals surface area contributed by atoms with Crippen molar-refractivity contribution in [3.63, 3.8) is 0 Å². The highest BCUT2D eigenvalue weighted by Gasteiger charge is 2.27. The molecule has 1 aromatic rings. The predicted octanol–water partition coefficient (Wildman–Crippen LogP) is 1.98. The number of morpholine rings is 1. The third kappa shape index (κ3) is 4.30. The lowest BCUT2D eigenvalue weighted by atomic mass is 9.89. The average molecular weight is 263 g/mol. The van der Waals surface area contributed by atoms with Crippen LogP contribution in [0.1, 0.15) is 30.0 Å². The Bertz CT molecular complexity index is 423. The van der Waals surface area contributed by atoms with Gasteiger partial charge in [-0.3, -0.25) is 0 Å². The molecule has 2 atom stereocenters. The van der Waals surface area contributed by atoms with Gasteiger partial charge in [-0.25, -0.2) is 0 Å². The van der Waals surface area contributed by atoms with Crippen LogP contribution in [-0.4, -0.2) is 36.5 Å². The average Bonchev–Trinajstić information content (AvgIpc) is 2.34. The fourth-order valence-corrected chi connectivity index (χ4v) is 2.71. The monoisotopic (exact) mass is 263 g/mol. The minimum Gasteiger partial charge on any atom is -0.390 e. The Balaban J connectivity index is 1.96. The number of benzene rings is 1. The van der Waals surface area contributed by atoms with Gasteiger partial charge in [0.1, 0.15) is 0 Å². The summed E-state index contributed by atoms with van der Waals surface area (Å²) in [4.78, 5) is 0. The van der Waals surface area contributed by atoms with Crippen molar-refractivity contribution >= 4 is 0 Å². The van der Waals surface area contributed by atoms with Crippen LogP contribution in [0.3, 0.4) is 0 Å². The van der Waals surface area contributed by atoms with Gasteiger partial charge in [-0.05, 0) is 43.9 Å². The molecule has 0 radical (unpaired) electrons. The highest BCUT2D eigenvalue weighted by molar-refractivity contribution is 5.30. The van der Waals surface area contributed by atoms with Gasteiger partial charge < -0.3 is 15.2 Å². The summed E-state index contributed by atoms with van der Waals surface area (Å²) in [6.07, 6.45) is 1.41. The van der Waals surface area contributed by atoms with Crippen molar-refractivity contribution in [2.24, 2.45) is 0 Å². The van der Waals surface area contributed by atoms with Gasteiger partial charge in [-0.2, -0.15) is 0 Å². The van der Waals surface area contributed by atoms with E-state index in [1.807, 2.05) is 6.92 Å². The Morgan fingerprint density at radius 3 is 2.79 bits per heavy atom. The standard InChI is InChI=1S/C16H25NO2/c1-12-4-5-14(8-13(12)2)9-16(3,18)10-15-11-19-7-6-17-15/h4-5,8,15,17-18H,6-7,9-11H2,1-3H3. The first-order valence-corrected chi connectivity index (χ1v) is 7.06. The first-order chi connectivity index (χ1) is 8.96. The summed E-state index contributed by atoms with van der Waals surface area (Å²) in [6, 6.07) is 6.68. The lowest BCUT2D eigenvalue weighted by Crippen LogP contribution is -2.46. The van der Waals surface area contributed by atoms with Crippen LogP contribution in [0, 0.1) is 13.8 Å². The summed E-state index contributed by atoms with van der Waals surface area (Å²) in [5.41, 5.74) is 3.09. The Morgan fingerprint density at radius 2 is 2.16 bits per heavy atom. The number of ether oxygens (including phenoxy) is 1. The summed E-state index contributed by atoms with van der Waals surface area (Å²) >= 11 is 0. The molecule has 3 nitrogen and oxygen atoms in total. The Labute approximate surface area is 116 Å². The zero-order chi connectivity index (χ0) is 13.9. The van der Waals surface area contributed by atoms with E-state index in [0.717, 1.165) is 19.6 Å². The zero-order valence-corrected chi connectivity index (χ0v) is 12.2. The molecule has 2 rings (SSSR count). The minimum absolute atomic E-state index is 0.260. The van der Waals surface area contributed by atoms with E-state index >= 15 is 0 Å². The molecule has 0 spiro atoms. The summed E-state index contributed by atoms with van der Waals surface area (Å²) < 4.78 is 5.44. The minimum atomic E-state index is -0.694. The highest BCUT2D eigenvalue weighted by Crippen LogP contribution is 2.21. The van der Waals surface area contributed by atoms with E-state index in [2.05, 4.69) is 37.4 Å². The van der Waals surface area contributed by atoms with Gasteiger partial charge in [0.2, 0.25) is 0 Å². The lowest BCUT2D eigenvalue weighted by molar-refractivity contribution is 0.00650. The van der Waals surface area contributed by atoms with Gasteiger partial charge in [-0.15, -0.1) is 0 Å². The largest absolute Gasteiger partial charge is 0.390 e. The van der Waals surface area contributed by atoms with E-state index in [4.69, 9.17) is 4.74 Å². The van der Waals surface area contributed by atoms with Gasteiger partial charge >= 0.3 is 0 Å². The van der Waals surface area contributed by atoms with Crippen molar-refractivity contribution in [1.29, 1.82) is 0 Å². The molecule has 106 valence electrons. The number of aliphatic hydroxyl groups is 1. The van der Waals surface area contributed by atoms with Crippen LogP contribution in [0.25, 0.3) is 0 Å². The molecule has 0 bridgehead atoms. The van der Waals surface area contributed by atoms with Crippen molar-refractivity contribution in [3.05, 3.63) is 34.9 Å². The second-order valence-electron chi connectivity index (χ2n) is 6.02. The van der Waals surface area contributed by atoms with Crippen LogP contribution in [0.2, 0.25) is 0 Å². The zero-order valence-electron chi connectivity index (χ0n) is 12.2. The molecular weight excluding hydrogens is 238 g/mol. The van der Waals surface area contributed by atoms with E-state index in [0.29, 0.717) is 13.0 Å². The Kier molecular flexibility index (Phi) is 4.61. The predicted molar refractivity (Wildman–Crippen MR) is 77.5 cm³/mol. The molecule has 0 aliphatic carbocycles. The molecule has 3 heteroatoms. The number of hydrogen-bond donors (Lipinski definition) is 2. The molecule has 19 heavy (non-hydrogen) atoms. The fourth-order valence-electron chi connectivity index (χ4n) is 2.71. The first-order valence-electron chi connectivity index (χ1n) is 7.06. The van der Waals surface area contributed by atoms with Crippen LogP contribution in [0.4, 0.5) is 0 Å². The van der Waals surface area contributed by atoms with Gasteiger partial charge in [0.25, 0.3) is 0 Å². The summed E-state index contributed by atoms with van der Waals surface area (Å²) in [7, 11) is 0. The third-order valence-corrected chi connectivity index (χ3v) is 3.84. The van der Waals surface area contributed by atoms with Crippen molar-refractivity contribution < 1.29 is 9.84 Å². The second-order valence-corrected chi connectivity index (χ2v) is 6.02. The van der Waals surface area contributed by atoms with Crippen LogP contribution >= 0.6 is 0 Å². The quantitative estimate of drug-likeness (QED) is 0.873. The Hall–Kier alpha value is -0.900. The van der Waals surface area contributed by atoms with Crippen LogP contribution in [0.15, 0.2) is 18.2 Å². The second kappa shape index (κ2) is 6.04. The van der Waals surface area contributed by atoms with Crippen molar-refractivity contribution in [3.8, 4) is 0 Å². The smallest absolute Gasteiger partial charge is 0.0675 e. The maximum Gasteiger partial charge on any atom is 0.0675 e. The number of rotatable bonds is 4. The van der Waals surface area contributed by atoms with Gasteiger partial charge in [0, 0.05) is 19.0 Å². The van der Waals surface area contributed by atoms with E-state index < -0.39 is 5.60 Å². The van der Waals surface area contributed by atoms with E-state index in [9.17, 15) is 5.11 Å². The van der Waals surface area contributed by atoms with Gasteiger partial charge in [0.05, 0.1) is 18.8 Å². The molecule has 0 amide bonds. The van der Waals surface area contributed by atoms with Crippen LogP contribution in [-0.2, 0) is 11.2 Å². The van der Waals surface area contributed by atoms with Crippen LogP contribution < -0.4 is 5.32 Å². The van der Waals surface area contributed by atoms with E-state index in [-0.39, 0.29) is 6.04 Å². The van der Waals surface area contributed by atoms with Crippen molar-refractivity contribution in [2.45, 2.75) is 45.3 Å². The highest BCUT2D eigenvalue weighted by atomic mass is 16.5. The van der Waals surface area contributed by atoms with Crippen molar-refractivity contribution in [1.82, 2.24) is 5.32 Å². The number of hydrogen-bond acceptors (Lipinski definition) is 3. The topological polar surface area (TPSA) is 41.5 Å². The molecular formula is C16H25NO2. The maximum atomic E-state index is 10.6. The molecule has 2 unspecified atom stereocenters. The number of nitrogens with one attached hydrogen (secondary N) is 1. The SMILES string of the molecule is Cc1ccc(CC(C)(O)CC2COCCN2)cc1C. The summed E-state index contributed by atoms with van der Waals surface area (Å²) in [5.74, 6) is 0. The lowest BCUT2D eigenvalue weighted by Gasteiger charge is -2.31. The molecule has 1 heterocycles. The molecule has 0 saturated carbocycles. The van der Waals surface area contributed by atoms with Crippen molar-refractivity contribution in [2.75, 3.05) is 19.8 Å². The molecule has 1 fully saturated rings. The van der Waals surface area contributed by atoms with Gasteiger partial charge in [-0.1, -0.05) is 18.2 Å². The molecule has 1 aliphatic rings. The van der Waals surface area contributed by atoms with Crippen LogP contribution in [0.5, 0.6) is 0 Å². The van der Waals surface area contributed by atoms with E-state index in [1.54, 1.807) is 0 Å². The third-order valence-electron chi connectivity index (χ3n) is 3.84. The normalized spacial score (nSPS) is 23.1. The molecule has 0 aromatic heterocycles. The Morgan fingerprint density at radius 1 is 1.37 bits per heavy atom. The molecule has 2 N–H and O–H groups in total. The number of aryl methyl sites for hydroxylation is 2. The van der Waals surface area contributed by atoms with E-state index in [1.165, 1.54) is 16.7 Å². The van der Waals surface area contributed by atoms with Gasteiger partial charge in [0.15, 0.2) is 0 Å². The molecule has 1 aliphatic heterocycles. The fraction of sp³-hybridized carbons (Fsp3) is 0.625. The molecule has 1 saturated heterocycles. The first kappa shape index (κ1) is 14.5.